The largest absolute Gasteiger partial charge is 0.481 e. The Morgan fingerprint density at radius 1 is 1.12 bits per heavy atom. The fourth-order valence-corrected chi connectivity index (χ4v) is 2.11. The minimum atomic E-state index is -4.54. The zero-order valence-electron chi connectivity index (χ0n) is 14.8. The Labute approximate surface area is 148 Å². The van der Waals surface area contributed by atoms with Gasteiger partial charge in [-0.3, -0.25) is 9.59 Å². The number of hydrogen-bond donors (Lipinski definition) is 1. The molecule has 1 N–H and O–H groups in total. The smallest absolute Gasteiger partial charge is 0.416 e. The van der Waals surface area contributed by atoms with Crippen LogP contribution in [0.25, 0.3) is 0 Å². The first-order valence-electron chi connectivity index (χ1n) is 7.60. The van der Waals surface area contributed by atoms with Gasteiger partial charge in [-0.1, -0.05) is 12.1 Å². The summed E-state index contributed by atoms with van der Waals surface area (Å²) in [5, 5.41) is 9.45. The highest BCUT2D eigenvalue weighted by atomic mass is 19.4. The number of carbonyl (C=O) groups excluding carboxylic acids is 1. The number of carboxylic acids is 1. The first kappa shape index (κ1) is 21.9. The molecule has 0 heterocycles. The first-order valence-corrected chi connectivity index (χ1v) is 7.60. The number of ether oxygens (including phenoxy) is 3. The maximum atomic E-state index is 12.7. The zero-order chi connectivity index (χ0) is 20.1. The average Bonchev–Trinajstić information content (AvgIpc) is 2.48. The van der Waals surface area contributed by atoms with E-state index in [1.807, 2.05) is 0 Å². The van der Waals surface area contributed by atoms with Gasteiger partial charge in [0.1, 0.15) is 18.5 Å². The highest BCUT2D eigenvalue weighted by Gasteiger charge is 2.40. The molecule has 9 heteroatoms. The van der Waals surface area contributed by atoms with Crippen molar-refractivity contribution in [1.29, 1.82) is 0 Å². The third-order valence-electron chi connectivity index (χ3n) is 3.16. The van der Waals surface area contributed by atoms with E-state index in [-0.39, 0.29) is 12.4 Å². The number of carbonyl (C=O) groups is 2. The Hall–Kier alpha value is -2.13. The normalized spacial score (nSPS) is 14.6. The molecule has 2 unspecified atom stereocenters. The lowest BCUT2D eigenvalue weighted by Crippen LogP contribution is -2.37. The standard InChI is InChI=1S/C17H21F3O6/c1-16(2,3)26-15(23)12(14(21)22)13(25-9-24-4)10-5-7-11(8-6-10)17(18,19)20/h5-8,12-13H,9H2,1-4H3,(H,21,22). The Kier molecular flexibility index (Phi) is 7.16. The van der Waals surface area contributed by atoms with Crippen LogP contribution in [0.1, 0.15) is 38.0 Å². The molecule has 0 aliphatic rings. The van der Waals surface area contributed by atoms with E-state index in [2.05, 4.69) is 0 Å². The number of rotatable bonds is 7. The Bertz CT molecular complexity index is 619. The van der Waals surface area contributed by atoms with E-state index >= 15 is 0 Å². The topological polar surface area (TPSA) is 82.1 Å². The summed E-state index contributed by atoms with van der Waals surface area (Å²) in [5.41, 5.74) is -1.78. The van der Waals surface area contributed by atoms with E-state index in [9.17, 15) is 27.9 Å². The summed E-state index contributed by atoms with van der Waals surface area (Å²) >= 11 is 0. The molecule has 6 nitrogen and oxygen atoms in total. The lowest BCUT2D eigenvalue weighted by atomic mass is 9.94. The van der Waals surface area contributed by atoms with Crippen LogP contribution in [-0.4, -0.2) is 36.5 Å². The van der Waals surface area contributed by atoms with Crippen LogP contribution in [0.3, 0.4) is 0 Å². The predicted octanol–water partition coefficient (Wildman–Crippen LogP) is 3.41. The van der Waals surface area contributed by atoms with Crippen LogP contribution in [0, 0.1) is 5.92 Å². The highest BCUT2D eigenvalue weighted by molar-refractivity contribution is 5.95. The molecule has 2 atom stereocenters. The predicted molar refractivity (Wildman–Crippen MR) is 84.1 cm³/mol. The van der Waals surface area contributed by atoms with Crippen molar-refractivity contribution in [3.8, 4) is 0 Å². The summed E-state index contributed by atoms with van der Waals surface area (Å²) in [6.45, 7) is 4.32. The second-order valence-corrected chi connectivity index (χ2v) is 6.46. The summed E-state index contributed by atoms with van der Waals surface area (Å²) in [7, 11) is 1.28. The fourth-order valence-electron chi connectivity index (χ4n) is 2.11. The molecule has 0 aromatic heterocycles. The third-order valence-corrected chi connectivity index (χ3v) is 3.16. The number of benzene rings is 1. The number of esters is 1. The van der Waals surface area contributed by atoms with Crippen LogP contribution in [0.2, 0.25) is 0 Å². The Morgan fingerprint density at radius 2 is 1.65 bits per heavy atom. The van der Waals surface area contributed by atoms with Crippen molar-refractivity contribution in [2.75, 3.05) is 13.9 Å². The van der Waals surface area contributed by atoms with Crippen molar-refractivity contribution in [1.82, 2.24) is 0 Å². The number of alkyl halides is 3. The molecule has 26 heavy (non-hydrogen) atoms. The summed E-state index contributed by atoms with van der Waals surface area (Å²) < 4.78 is 53.2. The van der Waals surface area contributed by atoms with Gasteiger partial charge in [0.25, 0.3) is 0 Å². The Morgan fingerprint density at radius 3 is 2.04 bits per heavy atom. The molecule has 146 valence electrons. The van der Waals surface area contributed by atoms with Gasteiger partial charge in [-0.15, -0.1) is 0 Å². The maximum absolute atomic E-state index is 12.7. The van der Waals surface area contributed by atoms with E-state index in [4.69, 9.17) is 14.2 Å². The first-order chi connectivity index (χ1) is 11.9. The van der Waals surface area contributed by atoms with E-state index in [1.54, 1.807) is 20.8 Å². The van der Waals surface area contributed by atoms with Gasteiger partial charge in [-0.2, -0.15) is 13.2 Å². The number of methoxy groups -OCH3 is 1. The van der Waals surface area contributed by atoms with Gasteiger partial charge in [-0.05, 0) is 38.5 Å². The van der Waals surface area contributed by atoms with Gasteiger partial charge < -0.3 is 19.3 Å². The highest BCUT2D eigenvalue weighted by Crippen LogP contribution is 2.33. The molecule has 0 aliphatic heterocycles. The number of hydrogen-bond acceptors (Lipinski definition) is 5. The van der Waals surface area contributed by atoms with E-state index in [0.717, 1.165) is 24.3 Å². The van der Waals surface area contributed by atoms with E-state index < -0.39 is 41.3 Å². The van der Waals surface area contributed by atoms with Crippen LogP contribution in [0.15, 0.2) is 24.3 Å². The van der Waals surface area contributed by atoms with Gasteiger partial charge >= 0.3 is 18.1 Å². The van der Waals surface area contributed by atoms with Gasteiger partial charge in [0, 0.05) is 7.11 Å². The summed E-state index contributed by atoms with van der Waals surface area (Å²) in [6, 6.07) is 3.69. The van der Waals surface area contributed by atoms with Crippen LogP contribution in [-0.2, 0) is 30.0 Å². The van der Waals surface area contributed by atoms with Crippen molar-refractivity contribution in [2.45, 2.75) is 38.7 Å². The van der Waals surface area contributed by atoms with Crippen molar-refractivity contribution in [3.05, 3.63) is 35.4 Å². The van der Waals surface area contributed by atoms with Crippen LogP contribution >= 0.6 is 0 Å². The molecule has 0 spiro atoms. The van der Waals surface area contributed by atoms with Crippen LogP contribution in [0.4, 0.5) is 13.2 Å². The molecule has 1 rings (SSSR count). The van der Waals surface area contributed by atoms with E-state index in [1.165, 1.54) is 7.11 Å². The molecule has 1 aromatic rings. The van der Waals surface area contributed by atoms with Gasteiger partial charge in [0.15, 0.2) is 5.92 Å². The maximum Gasteiger partial charge on any atom is 0.416 e. The second-order valence-electron chi connectivity index (χ2n) is 6.46. The Balaban J connectivity index is 3.23. The number of halogens is 3. The quantitative estimate of drug-likeness (QED) is 0.445. The molecule has 1 aromatic carbocycles. The van der Waals surface area contributed by atoms with Crippen LogP contribution < -0.4 is 0 Å². The monoisotopic (exact) mass is 378 g/mol. The lowest BCUT2D eigenvalue weighted by molar-refractivity contribution is -0.179. The molecule has 0 radical (unpaired) electrons. The van der Waals surface area contributed by atoms with Crippen molar-refractivity contribution >= 4 is 11.9 Å². The van der Waals surface area contributed by atoms with Crippen molar-refractivity contribution in [2.24, 2.45) is 5.92 Å². The fraction of sp³-hybridized carbons (Fsp3) is 0.529. The molecule has 0 saturated heterocycles. The number of carboxylic acid groups (broad SMARTS) is 1. The molecule has 0 saturated carbocycles. The molecule has 0 amide bonds. The van der Waals surface area contributed by atoms with E-state index in [0.29, 0.717) is 0 Å². The van der Waals surface area contributed by atoms with Crippen molar-refractivity contribution < 1.29 is 42.1 Å². The van der Waals surface area contributed by atoms with Gasteiger partial charge in [0.2, 0.25) is 0 Å². The molecule has 0 bridgehead atoms. The minimum absolute atomic E-state index is 0.0771. The lowest BCUT2D eigenvalue weighted by Gasteiger charge is -2.27. The molecule has 0 aliphatic carbocycles. The van der Waals surface area contributed by atoms with Gasteiger partial charge in [0.05, 0.1) is 5.56 Å². The van der Waals surface area contributed by atoms with Crippen molar-refractivity contribution in [3.63, 3.8) is 0 Å². The SMILES string of the molecule is COCOC(c1ccc(C(F)(F)F)cc1)C(C(=O)O)C(=O)OC(C)(C)C. The second kappa shape index (κ2) is 8.50. The van der Waals surface area contributed by atoms with Gasteiger partial charge in [-0.25, -0.2) is 0 Å². The summed E-state index contributed by atoms with van der Waals surface area (Å²) in [4.78, 5) is 23.9. The molecular formula is C17H21F3O6. The average molecular weight is 378 g/mol. The van der Waals surface area contributed by atoms with Crippen LogP contribution in [0.5, 0.6) is 0 Å². The summed E-state index contributed by atoms with van der Waals surface area (Å²) in [5.74, 6) is -4.37. The number of aliphatic carboxylic acids is 1. The molecule has 0 fully saturated rings. The zero-order valence-corrected chi connectivity index (χ0v) is 14.8. The summed E-state index contributed by atoms with van der Waals surface area (Å²) in [6.07, 6.45) is -5.93. The molecular weight excluding hydrogens is 357 g/mol. The third kappa shape index (κ3) is 6.30. The minimum Gasteiger partial charge on any atom is -0.481 e.